The Bertz CT molecular complexity index is 817. The molecule has 20 heavy (non-hydrogen) atoms. The van der Waals surface area contributed by atoms with Gasteiger partial charge in [0.2, 0.25) is 0 Å². The molecule has 0 saturated carbocycles. The zero-order valence-electron chi connectivity index (χ0n) is 10.2. The van der Waals surface area contributed by atoms with Crippen molar-refractivity contribution in [3.8, 4) is 22.0 Å². The molecule has 3 aromatic rings. The molecule has 0 spiro atoms. The van der Waals surface area contributed by atoms with Crippen LogP contribution in [0, 0.1) is 0 Å². The second-order valence-electron chi connectivity index (χ2n) is 4.11. The number of nitrogens with one attached hydrogen (secondary N) is 1. The molecule has 0 bridgehead atoms. The number of aromatic amines is 1. The van der Waals surface area contributed by atoms with Gasteiger partial charge in [-0.15, -0.1) is 11.3 Å². The van der Waals surface area contributed by atoms with Gasteiger partial charge in [0.1, 0.15) is 0 Å². The van der Waals surface area contributed by atoms with Gasteiger partial charge in [-0.25, -0.2) is 4.98 Å². The average Bonchev–Trinajstić information content (AvgIpc) is 2.96. The normalized spacial score (nSPS) is 10.9. The summed E-state index contributed by atoms with van der Waals surface area (Å²) in [5.74, 6) is 0.549. The van der Waals surface area contributed by atoms with E-state index in [4.69, 9.17) is 0 Å². The molecule has 0 aliphatic carbocycles. The molecule has 1 N–H and O–H groups in total. The molecule has 0 saturated heterocycles. The fourth-order valence-electron chi connectivity index (χ4n) is 1.74. The first-order valence-electron chi connectivity index (χ1n) is 5.58. The van der Waals surface area contributed by atoms with Crippen molar-refractivity contribution in [3.05, 3.63) is 43.1 Å². The van der Waals surface area contributed by atoms with E-state index in [1.54, 1.807) is 10.9 Å². The summed E-state index contributed by atoms with van der Waals surface area (Å²) in [6.45, 7) is 0. The van der Waals surface area contributed by atoms with Crippen LogP contribution in [0.2, 0.25) is 0 Å². The van der Waals surface area contributed by atoms with E-state index in [1.807, 2.05) is 19.3 Å². The van der Waals surface area contributed by atoms with Gasteiger partial charge in [-0.2, -0.15) is 5.10 Å². The molecule has 0 amide bonds. The van der Waals surface area contributed by atoms with Gasteiger partial charge < -0.3 is 4.98 Å². The van der Waals surface area contributed by atoms with Gasteiger partial charge in [-0.1, -0.05) is 0 Å². The van der Waals surface area contributed by atoms with Crippen LogP contribution in [-0.2, 0) is 7.05 Å². The van der Waals surface area contributed by atoms with Crippen molar-refractivity contribution >= 4 is 43.2 Å². The van der Waals surface area contributed by atoms with Gasteiger partial charge in [0.15, 0.2) is 5.82 Å². The second-order valence-corrected chi connectivity index (χ2v) is 7.34. The highest BCUT2D eigenvalue weighted by atomic mass is 79.9. The molecule has 8 heteroatoms. The van der Waals surface area contributed by atoms with Gasteiger partial charge in [-0.3, -0.25) is 9.48 Å². The van der Waals surface area contributed by atoms with Gasteiger partial charge in [0.05, 0.1) is 20.6 Å². The smallest absolute Gasteiger partial charge is 0.251 e. The fourth-order valence-corrected chi connectivity index (χ4v) is 3.72. The SMILES string of the molecule is Cn1cc(-c2cc(=O)[nH]c(-c3cc(Br)c(Br)s3)n2)cn1. The van der Waals surface area contributed by atoms with Crippen molar-refractivity contribution in [3.63, 3.8) is 0 Å². The zero-order valence-corrected chi connectivity index (χ0v) is 14.2. The Morgan fingerprint density at radius 1 is 1.35 bits per heavy atom. The number of nitrogens with zero attached hydrogens (tertiary/aromatic N) is 3. The van der Waals surface area contributed by atoms with Gasteiger partial charge in [0.25, 0.3) is 5.56 Å². The summed E-state index contributed by atoms with van der Waals surface area (Å²) in [5.41, 5.74) is 1.24. The molecule has 3 rings (SSSR count). The molecule has 0 aliphatic rings. The summed E-state index contributed by atoms with van der Waals surface area (Å²) in [4.78, 5) is 20.0. The minimum atomic E-state index is -0.186. The van der Waals surface area contributed by atoms with Crippen LogP contribution in [0.4, 0.5) is 0 Å². The maximum atomic E-state index is 11.8. The number of rotatable bonds is 2. The highest BCUT2D eigenvalue weighted by Crippen LogP contribution is 2.36. The minimum absolute atomic E-state index is 0.186. The Morgan fingerprint density at radius 2 is 2.15 bits per heavy atom. The number of thiophene rings is 1. The quantitative estimate of drug-likeness (QED) is 0.697. The Balaban J connectivity index is 2.13. The predicted molar refractivity (Wildman–Crippen MR) is 85.8 cm³/mol. The van der Waals surface area contributed by atoms with Gasteiger partial charge in [0, 0.05) is 29.3 Å². The lowest BCUT2D eigenvalue weighted by Gasteiger charge is -2.00. The standard InChI is InChI=1S/C12H8Br2N4OS/c1-18-5-6(4-15-18)8-3-10(19)17-12(16-8)9-2-7(13)11(14)20-9/h2-5H,1H3,(H,16,17,19). The predicted octanol–water partition coefficient (Wildman–Crippen LogP) is 3.42. The molecular weight excluding hydrogens is 408 g/mol. The molecular formula is C12H8Br2N4OS. The highest BCUT2D eigenvalue weighted by molar-refractivity contribution is 9.13. The van der Waals surface area contributed by atoms with Crippen LogP contribution in [0.25, 0.3) is 22.0 Å². The van der Waals surface area contributed by atoms with Crippen molar-refractivity contribution in [1.82, 2.24) is 19.7 Å². The maximum absolute atomic E-state index is 11.8. The number of hydrogen-bond donors (Lipinski definition) is 1. The van der Waals surface area contributed by atoms with E-state index in [9.17, 15) is 4.79 Å². The van der Waals surface area contributed by atoms with Crippen molar-refractivity contribution in [1.29, 1.82) is 0 Å². The molecule has 5 nitrogen and oxygen atoms in total. The van der Waals surface area contributed by atoms with E-state index < -0.39 is 0 Å². The molecule has 0 atom stereocenters. The third kappa shape index (κ3) is 2.63. The average molecular weight is 416 g/mol. The van der Waals surface area contributed by atoms with E-state index in [0.29, 0.717) is 11.5 Å². The summed E-state index contributed by atoms with van der Waals surface area (Å²) in [6.07, 6.45) is 3.51. The van der Waals surface area contributed by atoms with Crippen molar-refractivity contribution < 1.29 is 0 Å². The number of hydrogen-bond acceptors (Lipinski definition) is 4. The van der Waals surface area contributed by atoms with Gasteiger partial charge in [-0.05, 0) is 37.9 Å². The lowest BCUT2D eigenvalue weighted by Crippen LogP contribution is -2.07. The van der Waals surface area contributed by atoms with E-state index in [1.165, 1.54) is 17.4 Å². The van der Waals surface area contributed by atoms with Crippen molar-refractivity contribution in [2.45, 2.75) is 0 Å². The summed E-state index contributed by atoms with van der Waals surface area (Å²) in [6, 6.07) is 3.39. The summed E-state index contributed by atoms with van der Waals surface area (Å²) >= 11 is 8.37. The monoisotopic (exact) mass is 414 g/mol. The van der Waals surface area contributed by atoms with Crippen molar-refractivity contribution in [2.75, 3.05) is 0 Å². The number of H-pyrrole nitrogens is 1. The summed E-state index contributed by atoms with van der Waals surface area (Å²) in [7, 11) is 1.82. The van der Waals surface area contributed by atoms with Crippen LogP contribution in [0.3, 0.4) is 0 Å². The first-order chi connectivity index (χ1) is 9.52. The van der Waals surface area contributed by atoms with Crippen LogP contribution in [0.15, 0.2) is 37.6 Å². The number of halogens is 2. The Labute approximate surface area is 134 Å². The largest absolute Gasteiger partial charge is 0.306 e. The second kappa shape index (κ2) is 5.27. The highest BCUT2D eigenvalue weighted by Gasteiger charge is 2.11. The van der Waals surface area contributed by atoms with Crippen LogP contribution in [-0.4, -0.2) is 19.7 Å². The molecule has 0 radical (unpaired) electrons. The molecule has 102 valence electrons. The third-order valence-corrected chi connectivity index (χ3v) is 5.88. The fraction of sp³-hybridized carbons (Fsp3) is 0.0833. The zero-order chi connectivity index (χ0) is 14.3. The molecule has 3 heterocycles. The summed E-state index contributed by atoms with van der Waals surface area (Å²) < 4.78 is 3.57. The number of aryl methyl sites for hydroxylation is 1. The lowest BCUT2D eigenvalue weighted by molar-refractivity contribution is 0.768. The first-order valence-corrected chi connectivity index (χ1v) is 7.99. The Kier molecular flexibility index (Phi) is 3.61. The topological polar surface area (TPSA) is 63.6 Å². The summed E-state index contributed by atoms with van der Waals surface area (Å²) in [5, 5.41) is 4.10. The molecule has 0 aliphatic heterocycles. The van der Waals surface area contributed by atoms with Crippen LogP contribution < -0.4 is 5.56 Å². The molecule has 0 aromatic carbocycles. The van der Waals surface area contributed by atoms with Crippen LogP contribution in [0.1, 0.15) is 0 Å². The Hall–Kier alpha value is -1.25. The van der Waals surface area contributed by atoms with E-state index in [-0.39, 0.29) is 5.56 Å². The lowest BCUT2D eigenvalue weighted by atomic mass is 10.2. The minimum Gasteiger partial charge on any atom is -0.306 e. The van der Waals surface area contributed by atoms with Crippen LogP contribution >= 0.6 is 43.2 Å². The first kappa shape index (κ1) is 13.7. The molecule has 3 aromatic heterocycles. The maximum Gasteiger partial charge on any atom is 0.251 e. The van der Waals surface area contributed by atoms with E-state index >= 15 is 0 Å². The third-order valence-electron chi connectivity index (χ3n) is 2.62. The van der Waals surface area contributed by atoms with Crippen molar-refractivity contribution in [2.24, 2.45) is 7.05 Å². The molecule has 0 unspecified atom stereocenters. The van der Waals surface area contributed by atoms with Gasteiger partial charge >= 0.3 is 0 Å². The van der Waals surface area contributed by atoms with Crippen LogP contribution in [0.5, 0.6) is 0 Å². The van der Waals surface area contributed by atoms with E-state index in [2.05, 4.69) is 46.9 Å². The Morgan fingerprint density at radius 3 is 2.75 bits per heavy atom. The molecule has 0 fully saturated rings. The number of aromatic nitrogens is 4. The van der Waals surface area contributed by atoms with E-state index in [0.717, 1.165) is 18.7 Å².